The number of carbonyl (C=O) groups excluding carboxylic acids is 5. The van der Waals surface area contributed by atoms with Crippen LogP contribution in [0, 0.1) is 23.7 Å². The van der Waals surface area contributed by atoms with Crippen molar-refractivity contribution in [2.45, 2.75) is 190 Å². The summed E-state index contributed by atoms with van der Waals surface area (Å²) in [7, 11) is 1.76. The van der Waals surface area contributed by atoms with E-state index in [0.29, 0.717) is 12.0 Å². The molecule has 1 aromatic carbocycles. The van der Waals surface area contributed by atoms with Crippen LogP contribution in [0.5, 0.6) is 0 Å². The van der Waals surface area contributed by atoms with Crippen molar-refractivity contribution >= 4 is 40.9 Å². The first-order chi connectivity index (χ1) is 39.8. The van der Waals surface area contributed by atoms with Gasteiger partial charge in [0.1, 0.15) is 24.2 Å². The van der Waals surface area contributed by atoms with Crippen LogP contribution >= 0.6 is 0 Å². The maximum absolute atomic E-state index is 13.4. The van der Waals surface area contributed by atoms with Crippen LogP contribution in [0.4, 0.5) is 5.69 Å². The Kier molecular flexibility index (Phi) is 33.0. The van der Waals surface area contributed by atoms with E-state index in [1.807, 2.05) is 19.9 Å². The Balaban J connectivity index is 1.88. The lowest BCUT2D eigenvalue weighted by atomic mass is 9.87. The van der Waals surface area contributed by atoms with Gasteiger partial charge < -0.3 is 81.6 Å². The number of carboxylic acid groups (broad SMARTS) is 1. The Morgan fingerprint density at radius 3 is 1.73 bits per heavy atom. The lowest BCUT2D eigenvalue weighted by molar-refractivity contribution is -0.259. The average molecular weight is 1180 g/mol. The SMILES string of the molecule is CNc1ccc(C(=O)CC(O)CCC(C)C2OC(=O)CC(O)CC(=O)CC(O)CC(O)CC(O)CC(O)CC(=O)CC(O)C(C(=O)NCC(=O)O)C(O)CC(OC3O[C@H](C)[C@@H](O)[C@H](N)[C@@H]3C)/C=C/C=C/C=C/C=C\C=C/C=C/C=C/C2C)cc1. The lowest BCUT2D eigenvalue weighted by Crippen LogP contribution is -2.57. The van der Waals surface area contributed by atoms with Crippen LogP contribution in [0.25, 0.3) is 0 Å². The van der Waals surface area contributed by atoms with Gasteiger partial charge in [-0.25, -0.2) is 0 Å². The zero-order chi connectivity index (χ0) is 62.5. The van der Waals surface area contributed by atoms with Crippen LogP contribution < -0.4 is 16.4 Å². The highest BCUT2D eigenvalue weighted by molar-refractivity contribution is 5.96. The normalized spacial score (nSPS) is 34.6. The predicted molar refractivity (Wildman–Crippen MR) is 312 cm³/mol. The van der Waals surface area contributed by atoms with E-state index >= 15 is 0 Å². The van der Waals surface area contributed by atoms with Gasteiger partial charge in [0.25, 0.3) is 0 Å². The average Bonchev–Trinajstić information content (AvgIpc) is 3.49. The van der Waals surface area contributed by atoms with Crippen molar-refractivity contribution in [3.05, 3.63) is 115 Å². The van der Waals surface area contributed by atoms with Crippen molar-refractivity contribution in [3.63, 3.8) is 0 Å². The summed E-state index contributed by atoms with van der Waals surface area (Å²) >= 11 is 0. The Morgan fingerprint density at radius 1 is 0.667 bits per heavy atom. The molecule has 0 aromatic heterocycles. The molecule has 0 bridgehead atoms. The minimum atomic E-state index is -1.93. The van der Waals surface area contributed by atoms with Gasteiger partial charge in [-0.05, 0) is 69.2 Å². The van der Waals surface area contributed by atoms with Crippen LogP contribution in [-0.2, 0) is 38.2 Å². The molecular weight excluding hydrogens is 1090 g/mol. The number of aliphatic hydroxyl groups excluding tert-OH is 9. The maximum Gasteiger partial charge on any atom is 0.322 e. The van der Waals surface area contributed by atoms with E-state index in [1.165, 1.54) is 6.08 Å². The number of nitrogens with one attached hydrogen (secondary N) is 2. The smallest absolute Gasteiger partial charge is 0.322 e. The number of hydrogen-bond acceptors (Lipinski definition) is 20. The summed E-state index contributed by atoms with van der Waals surface area (Å²) in [5, 5.41) is 112. The van der Waals surface area contributed by atoms with E-state index < -0.39 is 191 Å². The molecule has 2 aliphatic heterocycles. The van der Waals surface area contributed by atoms with Crippen molar-refractivity contribution in [1.82, 2.24) is 5.32 Å². The zero-order valence-corrected chi connectivity index (χ0v) is 48.7. The molecule has 0 spiro atoms. The molecule has 84 heavy (non-hydrogen) atoms. The molecule has 2 heterocycles. The van der Waals surface area contributed by atoms with E-state index in [4.69, 9.17) is 19.9 Å². The fraction of sp³-hybridized carbons (Fsp3) is 0.581. The molecule has 2 aliphatic rings. The number of anilines is 1. The topological polar surface area (TPSA) is 382 Å². The Morgan fingerprint density at radius 2 is 1.18 bits per heavy atom. The molecule has 1 amide bonds. The number of aliphatic hydroxyl groups is 9. The Hall–Kier alpha value is -5.86. The number of ketones is 3. The summed E-state index contributed by atoms with van der Waals surface area (Å²) in [5.41, 5.74) is 7.56. The molecule has 22 nitrogen and oxygen atoms in total. The highest BCUT2D eigenvalue weighted by atomic mass is 16.7. The van der Waals surface area contributed by atoms with Gasteiger partial charge in [-0.15, -0.1) is 0 Å². The number of ether oxygens (including phenoxy) is 3. The summed E-state index contributed by atoms with van der Waals surface area (Å²) in [5.74, 6) is -8.11. The van der Waals surface area contributed by atoms with Gasteiger partial charge >= 0.3 is 11.9 Å². The van der Waals surface area contributed by atoms with E-state index in [0.717, 1.165) is 5.69 Å². The summed E-state index contributed by atoms with van der Waals surface area (Å²) in [6, 6.07) is 6.13. The Labute approximate surface area is 492 Å². The fourth-order valence-electron chi connectivity index (χ4n) is 9.88. The van der Waals surface area contributed by atoms with E-state index in [2.05, 4.69) is 10.6 Å². The van der Waals surface area contributed by atoms with Crippen LogP contribution in [0.1, 0.15) is 115 Å². The molecule has 1 saturated heterocycles. The number of amides is 1. The third-order valence-corrected chi connectivity index (χ3v) is 14.6. The molecule has 0 radical (unpaired) electrons. The number of allylic oxidation sites excluding steroid dienone is 12. The quantitative estimate of drug-likeness (QED) is 0.0997. The summed E-state index contributed by atoms with van der Waals surface area (Å²) in [4.78, 5) is 77.2. The molecule has 22 heteroatoms. The number of hydrogen-bond donors (Lipinski definition) is 13. The molecule has 18 atom stereocenters. The number of cyclic esters (lactones) is 1. The van der Waals surface area contributed by atoms with Crippen LogP contribution in [0.3, 0.4) is 0 Å². The standard InChI is InChI=1S/C62H91N3O19/c1-37-18-16-14-12-10-8-6-7-9-11-13-15-17-19-51(83-62-39(3)58(63)59(80)40(4)82-62)35-54(76)57(61(81)65-36-55(77)78)53(75)33-49(72)30-47(70)28-45(68)26-44(67)27-46(69)29-48(71)31-50(73)34-56(79)84-60(37)38(2)20-25-43(66)32-52(74)41-21-23-42(64-5)24-22-41/h6-19,21-24,37-40,43-47,50-51,53-54,57-60,62,64,66-70,73,75-76,80H,20,25-36,63H2,1-5H3,(H,65,81)(H,77,78)/b7-6-,10-8-,11-9+,14-12+,15-13+,18-16+,19-17+/t37?,38?,39-,40+,43?,44?,45?,46?,47?,50?,51?,53?,54?,57?,58+,59+,60?,62?/m0/s1. The van der Waals surface area contributed by atoms with Gasteiger partial charge in [0, 0.05) is 74.7 Å². The largest absolute Gasteiger partial charge is 0.480 e. The number of rotatable bonds is 13. The van der Waals surface area contributed by atoms with Gasteiger partial charge in [0.05, 0.1) is 79.5 Å². The van der Waals surface area contributed by atoms with Gasteiger partial charge in [-0.3, -0.25) is 28.8 Å². The molecule has 0 saturated carbocycles. The number of aliphatic carboxylic acids is 1. The highest BCUT2D eigenvalue weighted by Crippen LogP contribution is 2.30. The molecule has 468 valence electrons. The van der Waals surface area contributed by atoms with Crippen LogP contribution in [0.2, 0.25) is 0 Å². The molecule has 0 aliphatic carbocycles. The third-order valence-electron chi connectivity index (χ3n) is 14.6. The van der Waals surface area contributed by atoms with Gasteiger partial charge in [0.2, 0.25) is 5.91 Å². The molecule has 1 aromatic rings. The highest BCUT2D eigenvalue weighted by Gasteiger charge is 2.42. The van der Waals surface area contributed by atoms with Gasteiger partial charge in [-0.1, -0.05) is 106 Å². The van der Waals surface area contributed by atoms with Crippen molar-refractivity contribution < 1.29 is 94.0 Å². The number of carbonyl (C=O) groups is 6. The molecular formula is C62H91N3O19. The zero-order valence-electron chi connectivity index (χ0n) is 48.7. The predicted octanol–water partition coefficient (Wildman–Crippen LogP) is 2.98. The number of Topliss-reactive ketones (excluding diaryl/α,β-unsaturated/α-hetero) is 3. The first-order valence-corrected chi connectivity index (χ1v) is 28.7. The van der Waals surface area contributed by atoms with Crippen molar-refractivity contribution in [2.24, 2.45) is 29.4 Å². The third kappa shape index (κ3) is 27.5. The van der Waals surface area contributed by atoms with Gasteiger partial charge in [-0.2, -0.15) is 0 Å². The molecule has 14 unspecified atom stereocenters. The summed E-state index contributed by atoms with van der Waals surface area (Å²) in [6.45, 7) is 6.09. The second kappa shape index (κ2) is 38.2. The number of benzene rings is 1. The van der Waals surface area contributed by atoms with E-state index in [9.17, 15) is 79.8 Å². The van der Waals surface area contributed by atoms with E-state index in [-0.39, 0.29) is 30.5 Å². The summed E-state index contributed by atoms with van der Waals surface area (Å²) < 4.78 is 18.1. The van der Waals surface area contributed by atoms with Crippen molar-refractivity contribution in [1.29, 1.82) is 0 Å². The Bertz CT molecular complexity index is 2420. The fourth-order valence-corrected chi connectivity index (χ4v) is 9.88. The molecule has 1 fully saturated rings. The number of nitrogens with two attached hydrogens (primary N) is 1. The monoisotopic (exact) mass is 1180 g/mol. The second-order valence-corrected chi connectivity index (χ2v) is 22.1. The van der Waals surface area contributed by atoms with Gasteiger partial charge in [0.15, 0.2) is 12.1 Å². The molecule has 3 rings (SSSR count). The summed E-state index contributed by atoms with van der Waals surface area (Å²) in [6.07, 6.45) is 3.30. The first kappa shape index (κ1) is 72.4. The van der Waals surface area contributed by atoms with E-state index in [1.54, 1.807) is 118 Å². The van der Waals surface area contributed by atoms with Crippen LogP contribution in [-0.4, -0.2) is 185 Å². The first-order valence-electron chi connectivity index (χ1n) is 28.7. The van der Waals surface area contributed by atoms with Crippen molar-refractivity contribution in [3.8, 4) is 0 Å². The maximum atomic E-state index is 13.4. The second-order valence-electron chi connectivity index (χ2n) is 22.1. The number of carboxylic acids is 1. The van der Waals surface area contributed by atoms with Crippen LogP contribution in [0.15, 0.2) is 109 Å². The minimum Gasteiger partial charge on any atom is -0.480 e. The van der Waals surface area contributed by atoms with Crippen molar-refractivity contribution in [2.75, 3.05) is 18.9 Å². The lowest BCUT2D eigenvalue weighted by Gasteiger charge is -2.42. The minimum absolute atomic E-state index is 0.112. The number of esters is 1. The molecule has 14 N–H and O–H groups in total.